The van der Waals surface area contributed by atoms with Crippen LogP contribution in [0.15, 0.2) is 0 Å². The molecule has 182 valence electrons. The Morgan fingerprint density at radius 3 is 2.23 bits per heavy atom. The summed E-state index contributed by atoms with van der Waals surface area (Å²) in [5.74, 6) is 2.46. The molecule has 2 saturated carbocycles. The third-order valence-corrected chi connectivity index (χ3v) is 10.7. The van der Waals surface area contributed by atoms with Gasteiger partial charge in [0.2, 0.25) is 0 Å². The maximum absolute atomic E-state index is 11.6. The van der Waals surface area contributed by atoms with Crippen molar-refractivity contribution in [3.63, 3.8) is 0 Å². The first kappa shape index (κ1) is 26.9. The third kappa shape index (κ3) is 5.25. The molecule has 2 nitrogen and oxygen atoms in total. The summed E-state index contributed by atoms with van der Waals surface area (Å²) in [4.78, 5) is 11.6. The van der Waals surface area contributed by atoms with E-state index in [-0.39, 0.29) is 11.0 Å². The van der Waals surface area contributed by atoms with Gasteiger partial charge in [0, 0.05) is 12.0 Å². The fourth-order valence-corrected chi connectivity index (χ4v) is 8.25. The molecule has 5 unspecified atom stereocenters. The van der Waals surface area contributed by atoms with Crippen molar-refractivity contribution in [3.05, 3.63) is 0 Å². The Balaban J connectivity index is 2.20. The molecule has 0 heterocycles. The molecule has 2 fully saturated rings. The van der Waals surface area contributed by atoms with E-state index >= 15 is 0 Å². The van der Waals surface area contributed by atoms with Crippen LogP contribution in [0.25, 0.3) is 0 Å². The number of carbonyl (C=O) groups excluding carboxylic acids is 1. The van der Waals surface area contributed by atoms with E-state index in [1.165, 1.54) is 70.6 Å². The highest BCUT2D eigenvalue weighted by Gasteiger charge is 2.55. The monoisotopic (exact) mass is 433 g/mol. The first-order valence-corrected chi connectivity index (χ1v) is 13.6. The smallest absolute Gasteiger partial charge is 0.129 e. The first-order valence-electron chi connectivity index (χ1n) is 13.6. The molecule has 0 spiro atoms. The van der Waals surface area contributed by atoms with E-state index in [1.807, 2.05) is 0 Å². The zero-order chi connectivity index (χ0) is 23.5. The van der Waals surface area contributed by atoms with E-state index in [1.54, 1.807) is 6.92 Å². The van der Waals surface area contributed by atoms with E-state index in [2.05, 4.69) is 48.5 Å². The Hall–Kier alpha value is -0.370. The topological polar surface area (TPSA) is 43.1 Å². The fraction of sp³-hybridized carbons (Fsp3) is 0.966. The minimum absolute atomic E-state index is 0.0151. The molecule has 2 N–H and O–H groups in total. The summed E-state index contributed by atoms with van der Waals surface area (Å²) in [5, 5.41) is 0. The number of carbonyl (C=O) groups is 1. The number of hydrogen-bond acceptors (Lipinski definition) is 2. The lowest BCUT2D eigenvalue weighted by Gasteiger charge is -2.54. The number of hydrogen-bond donors (Lipinski definition) is 1. The van der Waals surface area contributed by atoms with Crippen molar-refractivity contribution in [1.82, 2.24) is 0 Å². The lowest BCUT2D eigenvalue weighted by Crippen LogP contribution is -2.60. The molecule has 0 aromatic rings. The molecule has 0 aliphatic heterocycles. The average molecular weight is 434 g/mol. The van der Waals surface area contributed by atoms with Crippen molar-refractivity contribution in [3.8, 4) is 0 Å². The van der Waals surface area contributed by atoms with Gasteiger partial charge in [-0.1, -0.05) is 74.1 Å². The van der Waals surface area contributed by atoms with Crippen molar-refractivity contribution < 1.29 is 4.79 Å². The highest BCUT2D eigenvalue weighted by Crippen LogP contribution is 2.63. The minimum atomic E-state index is -0.0151. The van der Waals surface area contributed by atoms with E-state index in [9.17, 15) is 4.79 Å². The van der Waals surface area contributed by atoms with Gasteiger partial charge in [0.1, 0.15) is 5.78 Å². The number of rotatable bonds is 11. The number of Topliss-reactive ketones (excluding diaryl/α,β-unsaturated/α-hetero) is 1. The van der Waals surface area contributed by atoms with Crippen LogP contribution in [0.5, 0.6) is 0 Å². The Morgan fingerprint density at radius 2 is 1.68 bits per heavy atom. The summed E-state index contributed by atoms with van der Waals surface area (Å²) in [6.07, 6.45) is 15.9. The van der Waals surface area contributed by atoms with Gasteiger partial charge in [0.15, 0.2) is 0 Å². The Bertz CT molecular complexity index is 598. The van der Waals surface area contributed by atoms with E-state index in [0.29, 0.717) is 28.4 Å². The molecule has 0 radical (unpaired) electrons. The summed E-state index contributed by atoms with van der Waals surface area (Å²) in [6.45, 7) is 19.0. The maximum Gasteiger partial charge on any atom is 0.129 e. The Kier molecular flexibility index (Phi) is 8.90. The zero-order valence-electron chi connectivity index (χ0n) is 22.4. The normalized spacial score (nSPS) is 37.5. The summed E-state index contributed by atoms with van der Waals surface area (Å²) in [5.41, 5.74) is 8.25. The number of nitrogens with two attached hydrogens (primary N) is 1. The van der Waals surface area contributed by atoms with Crippen LogP contribution < -0.4 is 5.73 Å². The van der Waals surface area contributed by atoms with Crippen molar-refractivity contribution >= 4 is 5.78 Å². The fourth-order valence-electron chi connectivity index (χ4n) is 8.25. The summed E-state index contributed by atoms with van der Waals surface area (Å²) < 4.78 is 0. The molecule has 2 aliphatic carbocycles. The van der Waals surface area contributed by atoms with Crippen molar-refractivity contribution in [2.45, 2.75) is 144 Å². The van der Waals surface area contributed by atoms with Gasteiger partial charge in [-0.25, -0.2) is 0 Å². The molecule has 2 aliphatic rings. The quantitative estimate of drug-likeness (QED) is 0.356. The third-order valence-electron chi connectivity index (χ3n) is 10.7. The Labute approximate surface area is 194 Å². The summed E-state index contributed by atoms with van der Waals surface area (Å²) in [6, 6.07) is 0. The molecule has 2 rings (SSSR count). The SMILES string of the molecule is CCCC1(C)C(C(C)C[C@H](CC)C2(N)CCCCC2(C)C)CCC1(C)CCCC(C)=O. The first-order chi connectivity index (χ1) is 14.4. The van der Waals surface area contributed by atoms with E-state index < -0.39 is 0 Å². The van der Waals surface area contributed by atoms with Crippen molar-refractivity contribution in [2.75, 3.05) is 0 Å². The van der Waals surface area contributed by atoms with Gasteiger partial charge in [0.25, 0.3) is 0 Å². The van der Waals surface area contributed by atoms with Gasteiger partial charge in [0.05, 0.1) is 0 Å². The van der Waals surface area contributed by atoms with Gasteiger partial charge in [-0.2, -0.15) is 0 Å². The molecule has 31 heavy (non-hydrogen) atoms. The summed E-state index contributed by atoms with van der Waals surface area (Å²) >= 11 is 0. The van der Waals surface area contributed by atoms with E-state index in [4.69, 9.17) is 5.73 Å². The van der Waals surface area contributed by atoms with Gasteiger partial charge < -0.3 is 10.5 Å². The molecular formula is C29H55NO. The maximum atomic E-state index is 11.6. The van der Waals surface area contributed by atoms with Crippen LogP contribution in [-0.4, -0.2) is 11.3 Å². The highest BCUT2D eigenvalue weighted by molar-refractivity contribution is 5.75. The second-order valence-electron chi connectivity index (χ2n) is 12.9. The number of ketones is 1. The second kappa shape index (κ2) is 10.3. The molecule has 0 saturated heterocycles. The molecule has 0 aromatic carbocycles. The molecule has 2 heteroatoms. The van der Waals surface area contributed by atoms with Crippen molar-refractivity contribution in [2.24, 2.45) is 39.7 Å². The zero-order valence-corrected chi connectivity index (χ0v) is 22.4. The van der Waals surface area contributed by atoms with E-state index in [0.717, 1.165) is 18.8 Å². The predicted molar refractivity (Wildman–Crippen MR) is 135 cm³/mol. The Morgan fingerprint density at radius 1 is 1.03 bits per heavy atom. The van der Waals surface area contributed by atoms with Gasteiger partial charge in [-0.15, -0.1) is 0 Å². The largest absolute Gasteiger partial charge is 0.324 e. The molecule has 6 atom stereocenters. The predicted octanol–water partition coefficient (Wildman–Crippen LogP) is 8.32. The highest BCUT2D eigenvalue weighted by atomic mass is 16.1. The average Bonchev–Trinajstić information content (AvgIpc) is 2.93. The van der Waals surface area contributed by atoms with Crippen LogP contribution in [0.2, 0.25) is 0 Å². The molecule has 0 aromatic heterocycles. The molecular weight excluding hydrogens is 378 g/mol. The van der Waals surface area contributed by atoms with Gasteiger partial charge in [-0.05, 0) is 92.3 Å². The van der Waals surface area contributed by atoms with Crippen LogP contribution >= 0.6 is 0 Å². The van der Waals surface area contributed by atoms with Crippen molar-refractivity contribution in [1.29, 1.82) is 0 Å². The molecule has 0 bridgehead atoms. The summed E-state index contributed by atoms with van der Waals surface area (Å²) in [7, 11) is 0. The van der Waals surface area contributed by atoms with Crippen LogP contribution in [0.3, 0.4) is 0 Å². The second-order valence-corrected chi connectivity index (χ2v) is 12.9. The van der Waals surface area contributed by atoms with Crippen LogP contribution in [0, 0.1) is 34.0 Å². The van der Waals surface area contributed by atoms with Crippen LogP contribution in [-0.2, 0) is 4.79 Å². The minimum Gasteiger partial charge on any atom is -0.324 e. The van der Waals surface area contributed by atoms with Crippen LogP contribution in [0.4, 0.5) is 0 Å². The molecule has 0 amide bonds. The lowest BCUT2D eigenvalue weighted by atomic mass is 9.54. The lowest BCUT2D eigenvalue weighted by molar-refractivity contribution is -0.117. The van der Waals surface area contributed by atoms with Crippen LogP contribution in [0.1, 0.15) is 139 Å². The van der Waals surface area contributed by atoms with Gasteiger partial charge in [-0.3, -0.25) is 0 Å². The standard InChI is InChI=1S/C29H55NO/c1-9-16-28(8)25(15-20-27(28,7)18-13-14-23(4)31)22(3)21-24(10-2)29(30)19-12-11-17-26(29,5)6/h22,24-25H,9-21,30H2,1-8H3/t22?,24-,25?,27?,28?,29?/m0/s1. The van der Waals surface area contributed by atoms with Gasteiger partial charge >= 0.3 is 0 Å².